The van der Waals surface area contributed by atoms with Crippen molar-refractivity contribution in [2.75, 3.05) is 0 Å². The molecule has 1 saturated carbocycles. The summed E-state index contributed by atoms with van der Waals surface area (Å²) in [4.78, 5) is 15.0. The molecule has 0 spiro atoms. The second kappa shape index (κ2) is 9.22. The molecule has 184 valence electrons. The number of carbonyl (C=O) groups excluding carboxylic acids is 1. The third-order valence-corrected chi connectivity index (χ3v) is 179. The molecule has 1 aliphatic carbocycles. The van der Waals surface area contributed by atoms with Crippen molar-refractivity contribution in [3.05, 3.63) is 0 Å². The molecule has 0 aromatic rings. The van der Waals surface area contributed by atoms with Gasteiger partial charge in [-0.1, -0.05) is 105 Å². The van der Waals surface area contributed by atoms with Crippen molar-refractivity contribution in [3.63, 3.8) is 0 Å². The van der Waals surface area contributed by atoms with Gasteiger partial charge in [0, 0.05) is 44.1 Å². The van der Waals surface area contributed by atoms with Gasteiger partial charge in [-0.2, -0.15) is 0 Å². The Morgan fingerprint density at radius 3 is 1.13 bits per heavy atom. The molecule has 0 N–H and O–H groups in total. The van der Waals surface area contributed by atoms with E-state index in [0.717, 1.165) is 12.8 Å². The maximum Gasteiger partial charge on any atom is 0.263 e. The molecule has 0 aromatic carbocycles. The third kappa shape index (κ3) is 4.89. The van der Waals surface area contributed by atoms with Gasteiger partial charge in [-0.3, -0.25) is 4.79 Å². The van der Waals surface area contributed by atoms with Crippen LogP contribution in [-0.2, 0) is 4.74 Å². The number of hydrogen-bond donors (Lipinski definition) is 0. The van der Waals surface area contributed by atoms with Gasteiger partial charge in [0.05, 0.1) is 0 Å². The van der Waals surface area contributed by atoms with Crippen LogP contribution in [0.3, 0.4) is 0 Å². The maximum atomic E-state index is 15.0. The van der Waals surface area contributed by atoms with Crippen LogP contribution in [0, 0.1) is 0 Å². The fourth-order valence-corrected chi connectivity index (χ4v) is 331. The molecule has 0 unspecified atom stereocenters. The number of carbonyl (C=O) groups is 1. The lowest BCUT2D eigenvalue weighted by Crippen LogP contribution is -3.04. The highest BCUT2D eigenvalue weighted by Gasteiger charge is 2.82. The van der Waals surface area contributed by atoms with E-state index in [-0.39, 0.29) is 6.10 Å². The Hall–Kier alpha value is 0.988. The van der Waals surface area contributed by atoms with Crippen molar-refractivity contribution >= 4 is 56.3 Å². The standard InChI is InChI=1S/C22H56O2Si7/c1-25(2,3)30(26(4,5)6,22(23)24-21-19-17-16-18-20-21)31(27(7,8)9,28(10,11)12)29(13,14)15/h21H,16-20H2,1-15H3. The first-order chi connectivity index (χ1) is 13.5. The Kier molecular flexibility index (Phi) is 8.92. The van der Waals surface area contributed by atoms with E-state index in [4.69, 9.17) is 4.74 Å². The third-order valence-electron chi connectivity index (χ3n) is 8.32. The highest BCUT2D eigenvalue weighted by Crippen LogP contribution is 2.51. The molecule has 0 aromatic heterocycles. The summed E-state index contributed by atoms with van der Waals surface area (Å²) in [5.74, 6) is 0. The average Bonchev–Trinajstić information content (AvgIpc) is 2.46. The fraction of sp³-hybridized carbons (Fsp3) is 0.955. The van der Waals surface area contributed by atoms with E-state index in [1.807, 2.05) is 0 Å². The minimum atomic E-state index is -2.33. The average molecular weight is 549 g/mol. The predicted octanol–water partition coefficient (Wildman–Crippen LogP) is 8.10. The van der Waals surface area contributed by atoms with Crippen LogP contribution in [-0.4, -0.2) is 62.4 Å². The van der Waals surface area contributed by atoms with Gasteiger partial charge in [0.2, 0.25) is 0 Å². The van der Waals surface area contributed by atoms with Gasteiger partial charge in [-0.15, -0.1) is 0 Å². The van der Waals surface area contributed by atoms with Crippen molar-refractivity contribution in [3.8, 4) is 0 Å². The first kappa shape index (κ1) is 30.0. The zero-order valence-corrected chi connectivity index (χ0v) is 30.9. The minimum absolute atomic E-state index is 0.206. The Labute approximate surface area is 201 Å². The predicted molar refractivity (Wildman–Crippen MR) is 162 cm³/mol. The quantitative estimate of drug-likeness (QED) is 0.286. The second-order valence-electron chi connectivity index (χ2n) is 15.4. The molecule has 31 heavy (non-hydrogen) atoms. The molecule has 0 bridgehead atoms. The summed E-state index contributed by atoms with van der Waals surface area (Å²) < 4.78 is 6.79. The Bertz CT molecular complexity index is 587. The molecule has 1 rings (SSSR count). The topological polar surface area (TPSA) is 26.3 Å². The molecular weight excluding hydrogens is 493 g/mol. The van der Waals surface area contributed by atoms with E-state index in [0.29, 0.717) is 5.59 Å². The molecule has 0 radical (unpaired) electrons. The molecule has 0 aliphatic heterocycles. The van der Waals surface area contributed by atoms with Crippen LogP contribution in [0.25, 0.3) is 0 Å². The first-order valence-electron chi connectivity index (χ1n) is 12.7. The maximum absolute atomic E-state index is 15.0. The molecule has 0 saturated heterocycles. The molecule has 0 amide bonds. The molecule has 0 heterocycles. The van der Waals surface area contributed by atoms with Crippen LogP contribution >= 0.6 is 0 Å². The molecule has 1 fully saturated rings. The smallest absolute Gasteiger partial charge is 0.263 e. The van der Waals surface area contributed by atoms with Crippen LogP contribution < -0.4 is 0 Å². The van der Waals surface area contributed by atoms with Crippen molar-refractivity contribution in [2.24, 2.45) is 0 Å². The Balaban J connectivity index is 4.16. The van der Waals surface area contributed by atoms with Gasteiger partial charge in [-0.05, 0) is 25.7 Å². The minimum Gasteiger partial charge on any atom is -0.467 e. The number of ether oxygens (including phenoxy) is 1. The van der Waals surface area contributed by atoms with E-state index >= 15 is 4.79 Å². The van der Waals surface area contributed by atoms with E-state index in [1.165, 1.54) is 19.3 Å². The highest BCUT2D eigenvalue weighted by molar-refractivity contribution is 8.23. The lowest BCUT2D eigenvalue weighted by molar-refractivity contribution is 0.0944. The Morgan fingerprint density at radius 1 is 0.548 bits per heavy atom. The summed E-state index contributed by atoms with van der Waals surface area (Å²) in [5.41, 5.74) is 0.455. The van der Waals surface area contributed by atoms with E-state index in [1.54, 1.807) is 0 Å². The zero-order chi connectivity index (χ0) is 24.9. The zero-order valence-electron chi connectivity index (χ0n) is 23.9. The van der Waals surface area contributed by atoms with Crippen molar-refractivity contribution in [1.82, 2.24) is 0 Å². The lowest BCUT2D eigenvalue weighted by atomic mass is 9.98. The first-order valence-corrected chi connectivity index (χ1v) is 40.2. The van der Waals surface area contributed by atoms with Crippen molar-refractivity contribution in [2.45, 2.75) is 136 Å². The summed E-state index contributed by atoms with van der Waals surface area (Å²) >= 11 is 0. The number of hydrogen-bond acceptors (Lipinski definition) is 2. The molecule has 2 nitrogen and oxygen atoms in total. The van der Waals surface area contributed by atoms with Gasteiger partial charge in [0.15, 0.2) is 6.63 Å². The van der Waals surface area contributed by atoms with Gasteiger partial charge in [0.1, 0.15) is 6.10 Å². The summed E-state index contributed by atoms with van der Waals surface area (Å²) in [6.07, 6.45) is 4.32. The van der Waals surface area contributed by atoms with Crippen molar-refractivity contribution in [1.29, 1.82) is 0 Å². The van der Waals surface area contributed by atoms with E-state index < -0.39 is 50.7 Å². The number of rotatable bonds is 8. The van der Waals surface area contributed by atoms with Gasteiger partial charge in [-0.25, -0.2) is 0 Å². The van der Waals surface area contributed by atoms with E-state index in [2.05, 4.69) is 98.2 Å². The van der Waals surface area contributed by atoms with Crippen LogP contribution in [0.5, 0.6) is 0 Å². The van der Waals surface area contributed by atoms with E-state index in [9.17, 15) is 0 Å². The summed E-state index contributed by atoms with van der Waals surface area (Å²) in [5, 5.41) is 0. The monoisotopic (exact) mass is 548 g/mol. The summed E-state index contributed by atoms with van der Waals surface area (Å²) in [7, 11) is -8.38. The Morgan fingerprint density at radius 2 is 0.871 bits per heavy atom. The van der Waals surface area contributed by atoms with Gasteiger partial charge < -0.3 is 4.74 Å². The van der Waals surface area contributed by atoms with Crippen LogP contribution in [0.2, 0.25) is 98.2 Å². The van der Waals surface area contributed by atoms with Crippen LogP contribution in [0.4, 0.5) is 4.79 Å². The van der Waals surface area contributed by atoms with Crippen LogP contribution in [0.1, 0.15) is 32.1 Å². The van der Waals surface area contributed by atoms with Gasteiger partial charge >= 0.3 is 0 Å². The van der Waals surface area contributed by atoms with Crippen LogP contribution in [0.15, 0.2) is 0 Å². The largest absolute Gasteiger partial charge is 0.467 e. The van der Waals surface area contributed by atoms with Crippen molar-refractivity contribution < 1.29 is 9.53 Å². The molecular formula is C22H56O2Si7. The lowest BCUT2D eigenvalue weighted by Gasteiger charge is -2.70. The second-order valence-corrected chi connectivity index (χ2v) is 93.1. The highest BCUT2D eigenvalue weighted by atomic mass is 30.3. The molecule has 0 atom stereocenters. The normalized spacial score (nSPS) is 18.8. The summed E-state index contributed by atoms with van der Waals surface area (Å²) in [6, 6.07) is 0. The van der Waals surface area contributed by atoms with Gasteiger partial charge in [0.25, 0.3) is 5.59 Å². The molecule has 9 heteroatoms. The SMILES string of the molecule is C[Si](C)(C)[Si](C(=O)OC1CCCCC1)([Si](C)(C)C)[Si]([Si](C)(C)C)([Si](C)(C)C)[Si](C)(C)C. The summed E-state index contributed by atoms with van der Waals surface area (Å²) in [6.45, 7) is 37.6. The fourth-order valence-electron chi connectivity index (χ4n) is 9.50. The molecule has 1 aliphatic rings.